The van der Waals surface area contributed by atoms with Gasteiger partial charge in [0.05, 0.1) is 13.2 Å². The van der Waals surface area contributed by atoms with Crippen molar-refractivity contribution in [1.82, 2.24) is 0 Å². The zero-order valence-electron chi connectivity index (χ0n) is 8.15. The Bertz CT molecular complexity index is 199. The van der Waals surface area contributed by atoms with Crippen molar-refractivity contribution in [3.63, 3.8) is 0 Å². The highest BCUT2D eigenvalue weighted by Crippen LogP contribution is 1.83. The number of hydrogen-bond donors (Lipinski definition) is 0. The van der Waals surface area contributed by atoms with E-state index in [0.29, 0.717) is 6.61 Å². The number of carbonyl (C=O) groups excluding carboxylic acids is 2. The second-order valence-corrected chi connectivity index (χ2v) is 2.32. The third-order valence-electron chi connectivity index (χ3n) is 1.17. The van der Waals surface area contributed by atoms with Crippen molar-refractivity contribution in [2.45, 2.75) is 6.92 Å². The molecule has 0 bridgehead atoms. The molecule has 0 aromatic rings. The van der Waals surface area contributed by atoms with Crippen LogP contribution in [0.2, 0.25) is 0 Å². The molecule has 5 nitrogen and oxygen atoms in total. The van der Waals surface area contributed by atoms with E-state index in [0.717, 1.165) is 6.08 Å². The molecule has 14 heavy (non-hydrogen) atoms. The standard InChI is InChI=1S/C9H14O5/c1-3-9(11)14-7-5-12-4-6-13-8(2)10/h3H,1,4-7H2,2H3. The lowest BCUT2D eigenvalue weighted by Gasteiger charge is -2.04. The van der Waals surface area contributed by atoms with Crippen LogP contribution in [0, 0.1) is 0 Å². The third-order valence-corrected chi connectivity index (χ3v) is 1.17. The van der Waals surface area contributed by atoms with Crippen LogP contribution in [0.4, 0.5) is 0 Å². The Balaban J connectivity index is 3.10. The molecule has 0 saturated heterocycles. The summed E-state index contributed by atoms with van der Waals surface area (Å²) in [4.78, 5) is 20.8. The van der Waals surface area contributed by atoms with Gasteiger partial charge in [0, 0.05) is 13.0 Å². The predicted octanol–water partition coefficient (Wildman–Crippen LogP) is 0.295. The number of carbonyl (C=O) groups is 2. The number of ether oxygens (including phenoxy) is 3. The van der Waals surface area contributed by atoms with Gasteiger partial charge in [0.25, 0.3) is 0 Å². The molecule has 0 spiro atoms. The van der Waals surface area contributed by atoms with Crippen molar-refractivity contribution >= 4 is 11.9 Å². The number of hydrogen-bond acceptors (Lipinski definition) is 5. The van der Waals surface area contributed by atoms with Gasteiger partial charge in [0.2, 0.25) is 0 Å². The first kappa shape index (κ1) is 12.6. The molecule has 0 aliphatic carbocycles. The molecular formula is C9H14O5. The van der Waals surface area contributed by atoms with Gasteiger partial charge in [0.1, 0.15) is 13.2 Å². The van der Waals surface area contributed by atoms with Gasteiger partial charge >= 0.3 is 11.9 Å². The predicted molar refractivity (Wildman–Crippen MR) is 48.6 cm³/mol. The van der Waals surface area contributed by atoms with Gasteiger partial charge < -0.3 is 14.2 Å². The van der Waals surface area contributed by atoms with Gasteiger partial charge in [-0.25, -0.2) is 4.79 Å². The van der Waals surface area contributed by atoms with Crippen LogP contribution in [-0.2, 0) is 23.8 Å². The molecular weight excluding hydrogens is 188 g/mol. The molecule has 0 radical (unpaired) electrons. The maximum atomic E-state index is 10.5. The van der Waals surface area contributed by atoms with E-state index >= 15 is 0 Å². The average molecular weight is 202 g/mol. The minimum atomic E-state index is -0.478. The van der Waals surface area contributed by atoms with E-state index in [1.54, 1.807) is 0 Å². The lowest BCUT2D eigenvalue weighted by molar-refractivity contribution is -0.143. The largest absolute Gasteiger partial charge is 0.463 e. The Morgan fingerprint density at radius 3 is 2.21 bits per heavy atom. The molecule has 0 rings (SSSR count). The summed E-state index contributed by atoms with van der Waals surface area (Å²) in [6.07, 6.45) is 1.08. The second kappa shape index (κ2) is 8.25. The molecule has 80 valence electrons. The topological polar surface area (TPSA) is 61.8 Å². The van der Waals surface area contributed by atoms with E-state index in [4.69, 9.17) is 4.74 Å². The van der Waals surface area contributed by atoms with Crippen LogP contribution in [0.5, 0.6) is 0 Å². The van der Waals surface area contributed by atoms with Gasteiger partial charge in [-0.2, -0.15) is 0 Å². The molecule has 0 saturated carbocycles. The summed E-state index contributed by atoms with van der Waals surface area (Å²) in [6, 6.07) is 0. The van der Waals surface area contributed by atoms with E-state index < -0.39 is 5.97 Å². The Morgan fingerprint density at radius 1 is 1.14 bits per heavy atom. The maximum absolute atomic E-state index is 10.5. The number of rotatable bonds is 7. The summed E-state index contributed by atoms with van der Waals surface area (Å²) >= 11 is 0. The lowest BCUT2D eigenvalue weighted by atomic mass is 10.6. The molecule has 0 fully saturated rings. The van der Waals surface area contributed by atoms with Crippen LogP contribution >= 0.6 is 0 Å². The monoisotopic (exact) mass is 202 g/mol. The van der Waals surface area contributed by atoms with Crippen LogP contribution < -0.4 is 0 Å². The molecule has 5 heteroatoms. The molecule has 0 amide bonds. The Morgan fingerprint density at radius 2 is 1.71 bits per heavy atom. The quantitative estimate of drug-likeness (QED) is 0.337. The van der Waals surface area contributed by atoms with Gasteiger partial charge in [-0.3, -0.25) is 4.79 Å². The van der Waals surface area contributed by atoms with Crippen LogP contribution in [-0.4, -0.2) is 38.4 Å². The van der Waals surface area contributed by atoms with E-state index in [9.17, 15) is 9.59 Å². The number of esters is 2. The van der Waals surface area contributed by atoms with Crippen LogP contribution in [0.3, 0.4) is 0 Å². The summed E-state index contributed by atoms with van der Waals surface area (Å²) in [5.41, 5.74) is 0. The highest BCUT2D eigenvalue weighted by Gasteiger charge is 1.95. The van der Waals surface area contributed by atoms with E-state index in [1.807, 2.05) is 0 Å². The van der Waals surface area contributed by atoms with Crippen LogP contribution in [0.15, 0.2) is 12.7 Å². The van der Waals surface area contributed by atoms with Gasteiger partial charge in [-0.1, -0.05) is 6.58 Å². The smallest absolute Gasteiger partial charge is 0.330 e. The normalized spacial score (nSPS) is 9.21. The van der Waals surface area contributed by atoms with Crippen molar-refractivity contribution in [3.8, 4) is 0 Å². The molecule has 0 heterocycles. The highest BCUT2D eigenvalue weighted by atomic mass is 16.6. The Kier molecular flexibility index (Phi) is 7.45. The molecule has 0 unspecified atom stereocenters. The average Bonchev–Trinajstić information content (AvgIpc) is 2.15. The maximum Gasteiger partial charge on any atom is 0.330 e. The van der Waals surface area contributed by atoms with Crippen molar-refractivity contribution in [2.24, 2.45) is 0 Å². The van der Waals surface area contributed by atoms with Crippen molar-refractivity contribution < 1.29 is 23.8 Å². The fourth-order valence-corrected chi connectivity index (χ4v) is 0.606. The Hall–Kier alpha value is -1.36. The zero-order chi connectivity index (χ0) is 10.8. The zero-order valence-corrected chi connectivity index (χ0v) is 8.15. The second-order valence-electron chi connectivity index (χ2n) is 2.32. The van der Waals surface area contributed by atoms with E-state index in [1.165, 1.54) is 6.92 Å². The summed E-state index contributed by atoms with van der Waals surface area (Å²) in [5.74, 6) is -0.819. The van der Waals surface area contributed by atoms with Gasteiger partial charge in [0.15, 0.2) is 0 Å². The SMILES string of the molecule is C=CC(=O)OCCOCCOC(C)=O. The van der Waals surface area contributed by atoms with E-state index in [2.05, 4.69) is 16.1 Å². The lowest BCUT2D eigenvalue weighted by Crippen LogP contribution is -2.12. The van der Waals surface area contributed by atoms with Crippen molar-refractivity contribution in [2.75, 3.05) is 26.4 Å². The first-order valence-corrected chi connectivity index (χ1v) is 4.17. The molecule has 0 aliphatic rings. The minimum absolute atomic E-state index is 0.172. The molecule has 0 N–H and O–H groups in total. The van der Waals surface area contributed by atoms with Gasteiger partial charge in [-0.15, -0.1) is 0 Å². The first-order chi connectivity index (χ1) is 6.66. The molecule has 0 aromatic carbocycles. The molecule has 0 atom stereocenters. The highest BCUT2D eigenvalue weighted by molar-refractivity contribution is 5.81. The van der Waals surface area contributed by atoms with Crippen molar-refractivity contribution in [1.29, 1.82) is 0 Å². The Labute approximate surface area is 82.6 Å². The fourth-order valence-electron chi connectivity index (χ4n) is 0.606. The third kappa shape index (κ3) is 8.73. The summed E-state index contributed by atoms with van der Waals surface area (Å²) < 4.78 is 14.2. The summed E-state index contributed by atoms with van der Waals surface area (Å²) in [7, 11) is 0. The fraction of sp³-hybridized carbons (Fsp3) is 0.556. The molecule has 0 aliphatic heterocycles. The molecule has 0 aromatic heterocycles. The van der Waals surface area contributed by atoms with Gasteiger partial charge in [-0.05, 0) is 0 Å². The van der Waals surface area contributed by atoms with Crippen LogP contribution in [0.25, 0.3) is 0 Å². The van der Waals surface area contributed by atoms with Crippen LogP contribution in [0.1, 0.15) is 6.92 Å². The summed E-state index contributed by atoms with van der Waals surface area (Å²) in [6.45, 7) is 5.52. The van der Waals surface area contributed by atoms with E-state index in [-0.39, 0.29) is 25.8 Å². The minimum Gasteiger partial charge on any atom is -0.463 e. The summed E-state index contributed by atoms with van der Waals surface area (Å²) in [5, 5.41) is 0. The first-order valence-electron chi connectivity index (χ1n) is 4.17. The van der Waals surface area contributed by atoms with Crippen molar-refractivity contribution in [3.05, 3.63) is 12.7 Å².